The van der Waals surface area contributed by atoms with E-state index in [0.717, 1.165) is 11.3 Å². The van der Waals surface area contributed by atoms with Crippen LogP contribution in [0.4, 0.5) is 0 Å². The van der Waals surface area contributed by atoms with Crippen molar-refractivity contribution in [2.75, 3.05) is 6.26 Å². The predicted molar refractivity (Wildman–Crippen MR) is 76.4 cm³/mol. The van der Waals surface area contributed by atoms with Crippen molar-refractivity contribution in [3.8, 4) is 0 Å². The second-order valence-corrected chi connectivity index (χ2v) is 5.03. The van der Waals surface area contributed by atoms with Gasteiger partial charge in [-0.2, -0.15) is 11.8 Å². The standard InChI is InChI=1S/C13H16N2O4S/c1-20-7-8-3-2-4-9(5-8)12(17)15-10(13(18)19)6-11(14)16/h2-5,10H,6-7H2,1H3,(H2,14,16)(H,15,17)(H,18,19)/t10-/m0/s1. The van der Waals surface area contributed by atoms with E-state index in [-0.39, 0.29) is 0 Å². The minimum Gasteiger partial charge on any atom is -0.480 e. The van der Waals surface area contributed by atoms with Crippen molar-refractivity contribution in [1.82, 2.24) is 5.32 Å². The Kier molecular flexibility index (Phi) is 6.05. The Hall–Kier alpha value is -2.02. The number of benzene rings is 1. The zero-order valence-corrected chi connectivity index (χ0v) is 11.8. The molecule has 0 heterocycles. The van der Waals surface area contributed by atoms with Crippen LogP contribution >= 0.6 is 11.8 Å². The van der Waals surface area contributed by atoms with E-state index >= 15 is 0 Å². The van der Waals surface area contributed by atoms with Crippen LogP contribution in [-0.4, -0.2) is 35.2 Å². The Labute approximate surface area is 120 Å². The van der Waals surface area contributed by atoms with E-state index in [4.69, 9.17) is 10.8 Å². The molecule has 0 aliphatic heterocycles. The summed E-state index contributed by atoms with van der Waals surface area (Å²) >= 11 is 1.62. The predicted octanol–water partition coefficient (Wildman–Crippen LogP) is 0.608. The van der Waals surface area contributed by atoms with Gasteiger partial charge in [-0.15, -0.1) is 0 Å². The van der Waals surface area contributed by atoms with Crippen molar-refractivity contribution in [2.24, 2.45) is 5.73 Å². The lowest BCUT2D eigenvalue weighted by Gasteiger charge is -2.13. The first-order valence-corrected chi connectivity index (χ1v) is 7.23. The third-order valence-electron chi connectivity index (χ3n) is 2.51. The van der Waals surface area contributed by atoms with Crippen molar-refractivity contribution in [2.45, 2.75) is 18.2 Å². The van der Waals surface area contributed by atoms with Crippen LogP contribution in [0, 0.1) is 0 Å². The summed E-state index contributed by atoms with van der Waals surface area (Å²) in [5.41, 5.74) is 6.27. The molecule has 0 unspecified atom stereocenters. The smallest absolute Gasteiger partial charge is 0.326 e. The topological polar surface area (TPSA) is 109 Å². The van der Waals surface area contributed by atoms with Crippen LogP contribution in [0.3, 0.4) is 0 Å². The normalized spacial score (nSPS) is 11.7. The van der Waals surface area contributed by atoms with Crippen molar-refractivity contribution in [3.05, 3.63) is 35.4 Å². The highest BCUT2D eigenvalue weighted by atomic mass is 32.2. The minimum atomic E-state index is -1.32. The molecule has 0 fully saturated rings. The number of aliphatic carboxylic acids is 1. The number of amides is 2. The lowest BCUT2D eigenvalue weighted by molar-refractivity contribution is -0.140. The Bertz CT molecular complexity index is 519. The first-order valence-electron chi connectivity index (χ1n) is 5.84. The second kappa shape index (κ2) is 7.54. The van der Waals surface area contributed by atoms with E-state index < -0.39 is 30.2 Å². The van der Waals surface area contributed by atoms with Crippen LogP contribution < -0.4 is 11.1 Å². The first kappa shape index (κ1) is 16.0. The molecule has 0 saturated heterocycles. The number of carbonyl (C=O) groups excluding carboxylic acids is 2. The number of rotatable bonds is 7. The number of nitrogens with one attached hydrogen (secondary N) is 1. The van der Waals surface area contributed by atoms with Crippen molar-refractivity contribution < 1.29 is 19.5 Å². The van der Waals surface area contributed by atoms with E-state index in [1.165, 1.54) is 0 Å². The summed E-state index contributed by atoms with van der Waals surface area (Å²) in [5.74, 6) is -1.86. The van der Waals surface area contributed by atoms with Gasteiger partial charge < -0.3 is 16.2 Å². The molecule has 0 spiro atoms. The van der Waals surface area contributed by atoms with Crippen LogP contribution in [0.2, 0.25) is 0 Å². The summed E-state index contributed by atoms with van der Waals surface area (Å²) in [4.78, 5) is 33.7. The SMILES string of the molecule is CSCc1cccc(C(=O)N[C@@H](CC(N)=O)C(=O)O)c1. The maximum absolute atomic E-state index is 12.0. The number of carboxylic acid groups (broad SMARTS) is 1. The van der Waals surface area contributed by atoms with Gasteiger partial charge in [0.15, 0.2) is 0 Å². The van der Waals surface area contributed by atoms with Crippen LogP contribution in [0.15, 0.2) is 24.3 Å². The molecule has 1 aromatic rings. The highest BCUT2D eigenvalue weighted by Crippen LogP contribution is 2.11. The van der Waals surface area contributed by atoms with Gasteiger partial charge in [0.05, 0.1) is 6.42 Å². The number of primary amides is 1. The lowest BCUT2D eigenvalue weighted by Crippen LogP contribution is -2.43. The van der Waals surface area contributed by atoms with Crippen molar-refractivity contribution in [3.63, 3.8) is 0 Å². The average Bonchev–Trinajstić information content (AvgIpc) is 2.38. The third kappa shape index (κ3) is 4.93. The Morgan fingerprint density at radius 1 is 1.40 bits per heavy atom. The fourth-order valence-electron chi connectivity index (χ4n) is 1.61. The Morgan fingerprint density at radius 2 is 2.10 bits per heavy atom. The van der Waals surface area contributed by atoms with E-state index in [0.29, 0.717) is 5.56 Å². The molecule has 0 aromatic heterocycles. The minimum absolute atomic E-state index is 0.354. The summed E-state index contributed by atoms with van der Waals surface area (Å²) in [7, 11) is 0. The summed E-state index contributed by atoms with van der Waals surface area (Å²) in [6.45, 7) is 0. The fourth-order valence-corrected chi connectivity index (χ4v) is 2.12. The van der Waals surface area contributed by atoms with Gasteiger partial charge in [-0.3, -0.25) is 9.59 Å². The van der Waals surface area contributed by atoms with Crippen molar-refractivity contribution >= 4 is 29.5 Å². The van der Waals surface area contributed by atoms with Crippen LogP contribution in [0.25, 0.3) is 0 Å². The fraction of sp³-hybridized carbons (Fsp3) is 0.308. The monoisotopic (exact) mass is 296 g/mol. The first-order chi connectivity index (χ1) is 9.43. The molecule has 0 aliphatic carbocycles. The quantitative estimate of drug-likeness (QED) is 0.683. The number of carbonyl (C=O) groups is 3. The lowest BCUT2D eigenvalue weighted by atomic mass is 10.1. The molecule has 0 radical (unpaired) electrons. The van der Waals surface area contributed by atoms with Crippen LogP contribution in [-0.2, 0) is 15.3 Å². The molecule has 108 valence electrons. The van der Waals surface area contributed by atoms with E-state index in [1.54, 1.807) is 30.0 Å². The summed E-state index contributed by atoms with van der Waals surface area (Å²) in [6, 6.07) is 5.57. The van der Waals surface area contributed by atoms with Gasteiger partial charge in [0, 0.05) is 11.3 Å². The highest BCUT2D eigenvalue weighted by Gasteiger charge is 2.22. The molecular formula is C13H16N2O4S. The molecule has 7 heteroatoms. The summed E-state index contributed by atoms with van der Waals surface area (Å²) in [5, 5.41) is 11.2. The zero-order valence-electron chi connectivity index (χ0n) is 11.0. The molecule has 2 amide bonds. The maximum atomic E-state index is 12.0. The molecule has 0 saturated carbocycles. The van der Waals surface area contributed by atoms with Gasteiger partial charge in [0.25, 0.3) is 5.91 Å². The van der Waals surface area contributed by atoms with E-state index in [1.807, 2.05) is 12.3 Å². The van der Waals surface area contributed by atoms with Gasteiger partial charge in [-0.25, -0.2) is 4.79 Å². The number of hydrogen-bond acceptors (Lipinski definition) is 4. The molecule has 6 nitrogen and oxygen atoms in total. The molecule has 1 rings (SSSR count). The van der Waals surface area contributed by atoms with Gasteiger partial charge >= 0.3 is 5.97 Å². The summed E-state index contributed by atoms with van der Waals surface area (Å²) in [6.07, 6.45) is 1.51. The van der Waals surface area contributed by atoms with Crippen molar-refractivity contribution in [1.29, 1.82) is 0 Å². The molecule has 1 atom stereocenters. The number of hydrogen-bond donors (Lipinski definition) is 3. The van der Waals surface area contributed by atoms with Gasteiger partial charge in [-0.1, -0.05) is 12.1 Å². The highest BCUT2D eigenvalue weighted by molar-refractivity contribution is 7.97. The Morgan fingerprint density at radius 3 is 2.65 bits per heavy atom. The number of thioether (sulfide) groups is 1. The van der Waals surface area contributed by atoms with Gasteiger partial charge in [0.1, 0.15) is 6.04 Å². The molecular weight excluding hydrogens is 280 g/mol. The number of nitrogens with two attached hydrogens (primary N) is 1. The third-order valence-corrected chi connectivity index (χ3v) is 3.13. The molecule has 0 aliphatic rings. The summed E-state index contributed by atoms with van der Waals surface area (Å²) < 4.78 is 0. The Balaban J connectivity index is 2.80. The molecule has 4 N–H and O–H groups in total. The van der Waals surface area contributed by atoms with Gasteiger partial charge in [0.2, 0.25) is 5.91 Å². The largest absolute Gasteiger partial charge is 0.480 e. The second-order valence-electron chi connectivity index (χ2n) is 4.17. The zero-order chi connectivity index (χ0) is 15.1. The average molecular weight is 296 g/mol. The number of carboxylic acids is 1. The van der Waals surface area contributed by atoms with E-state index in [2.05, 4.69) is 5.32 Å². The maximum Gasteiger partial charge on any atom is 0.326 e. The molecule has 1 aromatic carbocycles. The van der Waals surface area contributed by atoms with Gasteiger partial charge in [-0.05, 0) is 24.0 Å². The molecule has 0 bridgehead atoms. The molecule has 20 heavy (non-hydrogen) atoms. The van der Waals surface area contributed by atoms with Crippen LogP contribution in [0.5, 0.6) is 0 Å². The van der Waals surface area contributed by atoms with Crippen LogP contribution in [0.1, 0.15) is 22.3 Å². The van der Waals surface area contributed by atoms with E-state index in [9.17, 15) is 14.4 Å².